The molecule has 0 amide bonds. The van der Waals surface area contributed by atoms with E-state index >= 15 is 0 Å². The van der Waals surface area contributed by atoms with Crippen molar-refractivity contribution in [1.82, 2.24) is 4.98 Å². The number of rotatable bonds is 5. The van der Waals surface area contributed by atoms with E-state index < -0.39 is 28.9 Å². The molecular weight excluding hydrogens is 401 g/mol. The molecule has 0 saturated heterocycles. The molecule has 0 bridgehead atoms. The monoisotopic (exact) mass is 409 g/mol. The highest BCUT2D eigenvalue weighted by Crippen LogP contribution is 2.35. The Hall–Kier alpha value is -2.39. The zero-order valence-electron chi connectivity index (χ0n) is 12.6. The predicted octanol–water partition coefficient (Wildman–Crippen LogP) is 4.65. The van der Waals surface area contributed by atoms with Crippen LogP contribution in [0.4, 0.5) is 23.2 Å². The van der Waals surface area contributed by atoms with Crippen LogP contribution in [0.25, 0.3) is 11.3 Å². The number of benzene rings is 1. The third-order valence-electron chi connectivity index (χ3n) is 3.02. The van der Waals surface area contributed by atoms with E-state index in [2.05, 4.69) is 15.5 Å². The van der Waals surface area contributed by atoms with Gasteiger partial charge in [-0.1, -0.05) is 11.6 Å². The molecule has 1 aromatic heterocycles. The number of hydrazone groups is 1. The highest BCUT2D eigenvalue weighted by molar-refractivity contribution is 6.38. The van der Waals surface area contributed by atoms with Crippen molar-refractivity contribution in [2.75, 3.05) is 5.43 Å². The number of carbonyl (C=O) groups is 1. The molecule has 1 atom stereocenters. The third kappa shape index (κ3) is 4.83. The van der Waals surface area contributed by atoms with E-state index in [9.17, 15) is 22.4 Å². The van der Waals surface area contributed by atoms with Crippen LogP contribution in [-0.2, 0) is 11.0 Å². The molecule has 0 saturated carbocycles. The highest BCUT2D eigenvalue weighted by Gasteiger charge is 2.31. The highest BCUT2D eigenvalue weighted by atomic mass is 35.5. The summed E-state index contributed by atoms with van der Waals surface area (Å²) < 4.78 is 52.0. The van der Waals surface area contributed by atoms with Crippen molar-refractivity contribution in [3.63, 3.8) is 0 Å². The molecule has 2 aromatic rings. The van der Waals surface area contributed by atoms with Crippen LogP contribution < -0.4 is 5.43 Å². The van der Waals surface area contributed by atoms with Crippen molar-refractivity contribution >= 4 is 41.1 Å². The van der Waals surface area contributed by atoms with Gasteiger partial charge in [0.05, 0.1) is 28.2 Å². The van der Waals surface area contributed by atoms with E-state index in [0.29, 0.717) is 12.3 Å². The van der Waals surface area contributed by atoms with Gasteiger partial charge in [0, 0.05) is 11.8 Å². The SMILES string of the molecule is O=C(O)C(Cl)C=NNc1ccc(F)c(-c2ncc(C(F)(F)F)cc2Cl)c1. The lowest BCUT2D eigenvalue weighted by Gasteiger charge is -2.11. The fraction of sp³-hybridized carbons (Fsp3) is 0.133. The Morgan fingerprint density at radius 3 is 2.62 bits per heavy atom. The first-order valence-electron chi connectivity index (χ1n) is 6.78. The number of nitrogens with zero attached hydrogens (tertiary/aromatic N) is 2. The lowest BCUT2D eigenvalue weighted by atomic mass is 10.1. The van der Waals surface area contributed by atoms with Gasteiger partial charge in [-0.15, -0.1) is 11.6 Å². The van der Waals surface area contributed by atoms with Crippen molar-refractivity contribution in [2.24, 2.45) is 5.10 Å². The molecule has 1 aromatic carbocycles. The van der Waals surface area contributed by atoms with Crippen molar-refractivity contribution in [2.45, 2.75) is 11.6 Å². The van der Waals surface area contributed by atoms with E-state index in [4.69, 9.17) is 28.3 Å². The van der Waals surface area contributed by atoms with Crippen molar-refractivity contribution in [3.05, 3.63) is 46.9 Å². The molecule has 5 nitrogen and oxygen atoms in total. The van der Waals surface area contributed by atoms with Crippen LogP contribution in [-0.4, -0.2) is 27.7 Å². The van der Waals surface area contributed by atoms with Crippen LogP contribution in [0.3, 0.4) is 0 Å². The van der Waals surface area contributed by atoms with Gasteiger partial charge in [0.2, 0.25) is 0 Å². The van der Waals surface area contributed by atoms with E-state index in [1.807, 2.05) is 0 Å². The van der Waals surface area contributed by atoms with Crippen molar-refractivity contribution < 1.29 is 27.5 Å². The minimum atomic E-state index is -4.63. The molecule has 1 unspecified atom stereocenters. The number of aliphatic carboxylic acids is 1. The summed E-state index contributed by atoms with van der Waals surface area (Å²) >= 11 is 11.3. The van der Waals surface area contributed by atoms with E-state index in [1.54, 1.807) is 0 Å². The van der Waals surface area contributed by atoms with Gasteiger partial charge in [0.15, 0.2) is 5.38 Å². The van der Waals surface area contributed by atoms with E-state index in [1.165, 1.54) is 12.1 Å². The average molecular weight is 410 g/mol. The van der Waals surface area contributed by atoms with Gasteiger partial charge in [-0.05, 0) is 24.3 Å². The zero-order chi connectivity index (χ0) is 19.5. The molecule has 0 aliphatic rings. The average Bonchev–Trinajstić information content (AvgIpc) is 2.55. The Balaban J connectivity index is 2.32. The van der Waals surface area contributed by atoms with Crippen LogP contribution in [0, 0.1) is 5.82 Å². The zero-order valence-corrected chi connectivity index (χ0v) is 14.1. The summed E-state index contributed by atoms with van der Waals surface area (Å²) in [7, 11) is 0. The maximum absolute atomic E-state index is 14.0. The summed E-state index contributed by atoms with van der Waals surface area (Å²) in [6.07, 6.45) is -3.19. The summed E-state index contributed by atoms with van der Waals surface area (Å²) in [6, 6.07) is 4.15. The predicted molar refractivity (Wildman–Crippen MR) is 89.0 cm³/mol. The minimum absolute atomic E-state index is 0.162. The lowest BCUT2D eigenvalue weighted by molar-refractivity contribution is -0.138. The van der Waals surface area contributed by atoms with Crippen molar-refractivity contribution in [1.29, 1.82) is 0 Å². The number of aromatic nitrogens is 1. The number of nitrogens with one attached hydrogen (secondary N) is 1. The second-order valence-corrected chi connectivity index (χ2v) is 5.75. The number of hydrogen-bond donors (Lipinski definition) is 2. The minimum Gasteiger partial charge on any atom is -0.480 e. The number of alkyl halides is 4. The summed E-state index contributed by atoms with van der Waals surface area (Å²) in [6.45, 7) is 0. The second kappa shape index (κ2) is 7.88. The smallest absolute Gasteiger partial charge is 0.417 e. The van der Waals surface area contributed by atoms with Crippen LogP contribution in [0.5, 0.6) is 0 Å². The molecule has 2 N–H and O–H groups in total. The van der Waals surface area contributed by atoms with E-state index in [0.717, 1.165) is 12.3 Å². The second-order valence-electron chi connectivity index (χ2n) is 4.88. The Kier molecular flexibility index (Phi) is 6.04. The molecule has 0 fully saturated rings. The molecule has 0 radical (unpaired) electrons. The van der Waals surface area contributed by atoms with Crippen molar-refractivity contribution in [3.8, 4) is 11.3 Å². The van der Waals surface area contributed by atoms with Gasteiger partial charge >= 0.3 is 12.1 Å². The first-order valence-corrected chi connectivity index (χ1v) is 7.59. The Bertz CT molecular complexity index is 859. The van der Waals surface area contributed by atoms with Crippen LogP contribution in [0.1, 0.15) is 5.56 Å². The summed E-state index contributed by atoms with van der Waals surface area (Å²) in [5, 5.41) is 10.4. The maximum atomic E-state index is 14.0. The number of hydrogen-bond acceptors (Lipinski definition) is 4. The maximum Gasteiger partial charge on any atom is 0.417 e. The normalized spacial score (nSPS) is 13.0. The number of pyridine rings is 1. The Labute approximate surface area is 154 Å². The fourth-order valence-electron chi connectivity index (χ4n) is 1.81. The number of halogens is 6. The van der Waals surface area contributed by atoms with Crippen LogP contribution >= 0.6 is 23.2 Å². The quantitative estimate of drug-likeness (QED) is 0.326. The Morgan fingerprint density at radius 2 is 2.04 bits per heavy atom. The molecule has 0 aliphatic heterocycles. The fourth-order valence-corrected chi connectivity index (χ4v) is 2.13. The van der Waals surface area contributed by atoms with Gasteiger partial charge in [0.25, 0.3) is 0 Å². The molecule has 2 rings (SSSR count). The summed E-state index contributed by atoms with van der Waals surface area (Å²) in [4.78, 5) is 14.1. The number of anilines is 1. The first kappa shape index (κ1) is 19.9. The van der Waals surface area contributed by atoms with Crippen LogP contribution in [0.2, 0.25) is 5.02 Å². The number of carboxylic acid groups (broad SMARTS) is 1. The van der Waals surface area contributed by atoms with Gasteiger partial charge in [-0.2, -0.15) is 18.3 Å². The molecule has 1 heterocycles. The topological polar surface area (TPSA) is 74.6 Å². The van der Waals surface area contributed by atoms with Gasteiger partial charge in [0.1, 0.15) is 5.82 Å². The summed E-state index contributed by atoms with van der Waals surface area (Å²) in [5.74, 6) is -2.08. The standard InChI is InChI=1S/C15H9Cl2F4N3O2/c16-10-3-7(15(19,20)21)5-22-13(10)9-4-8(1-2-12(9)18)24-23-6-11(17)14(25)26/h1-6,11,24H,(H,25,26). The van der Waals surface area contributed by atoms with E-state index in [-0.39, 0.29) is 22.0 Å². The van der Waals surface area contributed by atoms with Gasteiger partial charge in [-0.25, -0.2) is 4.39 Å². The molecule has 0 spiro atoms. The van der Waals surface area contributed by atoms with Crippen LogP contribution in [0.15, 0.2) is 35.6 Å². The molecular formula is C15H9Cl2F4N3O2. The molecule has 11 heteroatoms. The Morgan fingerprint density at radius 1 is 1.35 bits per heavy atom. The molecule has 26 heavy (non-hydrogen) atoms. The lowest BCUT2D eigenvalue weighted by Crippen LogP contribution is -2.15. The van der Waals surface area contributed by atoms with Gasteiger partial charge in [-0.3, -0.25) is 15.2 Å². The largest absolute Gasteiger partial charge is 0.480 e. The third-order valence-corrected chi connectivity index (χ3v) is 3.61. The first-order chi connectivity index (χ1) is 12.1. The molecule has 0 aliphatic carbocycles. The number of carboxylic acids is 1. The summed E-state index contributed by atoms with van der Waals surface area (Å²) in [5.41, 5.74) is 1.23. The molecule has 138 valence electrons. The van der Waals surface area contributed by atoms with Gasteiger partial charge < -0.3 is 5.11 Å².